The van der Waals surface area contributed by atoms with Crippen LogP contribution in [0.4, 0.5) is 0 Å². The molecule has 2 N–H and O–H groups in total. The topological polar surface area (TPSA) is 32.3 Å². The van der Waals surface area contributed by atoms with Gasteiger partial charge in [0.1, 0.15) is 0 Å². The highest BCUT2D eigenvalue weighted by Crippen LogP contribution is 2.27. The quantitative estimate of drug-likeness (QED) is 0.588. The van der Waals surface area contributed by atoms with Crippen LogP contribution >= 0.6 is 11.8 Å². The Morgan fingerprint density at radius 2 is 1.83 bits per heavy atom. The fourth-order valence-electron chi connectivity index (χ4n) is 1.84. The molecule has 18 heavy (non-hydrogen) atoms. The lowest BCUT2D eigenvalue weighted by molar-refractivity contribution is 0.286. The lowest BCUT2D eigenvalue weighted by Gasteiger charge is -2.26. The minimum atomic E-state index is 0.0934. The Morgan fingerprint density at radius 1 is 1.22 bits per heavy atom. The van der Waals surface area contributed by atoms with Crippen molar-refractivity contribution in [3.8, 4) is 0 Å². The standard InChI is InChI=1S/C15H25NOS/c1-12(2)18-14-7-5-13(6-8-14)15(3,4)11-16-9-10-17/h5-8,12,16-17H,9-11H2,1-4H3. The van der Waals surface area contributed by atoms with E-state index in [1.54, 1.807) is 0 Å². The Kier molecular flexibility index (Phi) is 6.19. The summed E-state index contributed by atoms with van der Waals surface area (Å²) in [5.74, 6) is 0. The van der Waals surface area contributed by atoms with E-state index < -0.39 is 0 Å². The smallest absolute Gasteiger partial charge is 0.0555 e. The SMILES string of the molecule is CC(C)Sc1ccc(C(C)(C)CNCCO)cc1. The number of rotatable bonds is 7. The third-order valence-electron chi connectivity index (χ3n) is 2.86. The first-order chi connectivity index (χ1) is 8.45. The lowest BCUT2D eigenvalue weighted by atomic mass is 9.84. The van der Waals surface area contributed by atoms with Crippen LogP contribution in [0, 0.1) is 0 Å². The van der Waals surface area contributed by atoms with E-state index in [4.69, 9.17) is 5.11 Å². The fraction of sp³-hybridized carbons (Fsp3) is 0.600. The van der Waals surface area contributed by atoms with Gasteiger partial charge in [-0.1, -0.05) is 39.8 Å². The molecule has 0 saturated heterocycles. The van der Waals surface area contributed by atoms with Gasteiger partial charge in [0, 0.05) is 28.6 Å². The van der Waals surface area contributed by atoms with E-state index in [-0.39, 0.29) is 12.0 Å². The maximum absolute atomic E-state index is 8.79. The molecule has 3 heteroatoms. The van der Waals surface area contributed by atoms with Crippen molar-refractivity contribution in [1.82, 2.24) is 5.32 Å². The van der Waals surface area contributed by atoms with Crippen molar-refractivity contribution in [2.45, 2.75) is 43.3 Å². The van der Waals surface area contributed by atoms with Crippen molar-refractivity contribution in [2.24, 2.45) is 0 Å². The first-order valence-corrected chi connectivity index (χ1v) is 7.42. The number of hydrogen-bond donors (Lipinski definition) is 2. The summed E-state index contributed by atoms with van der Waals surface area (Å²) in [5, 5.41) is 12.7. The van der Waals surface area contributed by atoms with Gasteiger partial charge in [-0.25, -0.2) is 0 Å². The molecule has 2 nitrogen and oxygen atoms in total. The summed E-state index contributed by atoms with van der Waals surface area (Å²) >= 11 is 1.89. The molecule has 0 heterocycles. The fourth-order valence-corrected chi connectivity index (χ4v) is 2.68. The number of hydrogen-bond acceptors (Lipinski definition) is 3. The first-order valence-electron chi connectivity index (χ1n) is 6.54. The molecule has 1 rings (SSSR count). The summed E-state index contributed by atoms with van der Waals surface area (Å²) in [4.78, 5) is 1.33. The van der Waals surface area contributed by atoms with Crippen LogP contribution in [-0.2, 0) is 5.41 Å². The van der Waals surface area contributed by atoms with Gasteiger partial charge in [-0.2, -0.15) is 0 Å². The van der Waals surface area contributed by atoms with Crippen LogP contribution in [0.25, 0.3) is 0 Å². The molecule has 0 amide bonds. The summed E-state index contributed by atoms with van der Waals surface area (Å²) in [6, 6.07) is 8.83. The normalized spacial score (nSPS) is 12.1. The molecule has 0 saturated carbocycles. The number of aliphatic hydroxyl groups is 1. The van der Waals surface area contributed by atoms with E-state index in [0.717, 1.165) is 6.54 Å². The molecule has 0 spiro atoms. The number of nitrogens with one attached hydrogen (secondary N) is 1. The van der Waals surface area contributed by atoms with Crippen LogP contribution < -0.4 is 5.32 Å². The van der Waals surface area contributed by atoms with Crippen molar-refractivity contribution >= 4 is 11.8 Å². The van der Waals surface area contributed by atoms with Gasteiger partial charge in [-0.05, 0) is 17.7 Å². The van der Waals surface area contributed by atoms with Gasteiger partial charge in [0.15, 0.2) is 0 Å². The molecule has 0 fully saturated rings. The zero-order valence-corrected chi connectivity index (χ0v) is 12.7. The number of benzene rings is 1. The Balaban J connectivity index is 2.65. The molecular weight excluding hydrogens is 242 g/mol. The predicted molar refractivity (Wildman–Crippen MR) is 80.4 cm³/mol. The summed E-state index contributed by atoms with van der Waals surface area (Å²) in [6.07, 6.45) is 0. The van der Waals surface area contributed by atoms with Crippen molar-refractivity contribution in [3.63, 3.8) is 0 Å². The van der Waals surface area contributed by atoms with Crippen LogP contribution in [0.15, 0.2) is 29.2 Å². The second-order valence-corrected chi connectivity index (χ2v) is 7.13. The molecule has 0 radical (unpaired) electrons. The highest BCUT2D eigenvalue weighted by Gasteiger charge is 2.19. The third kappa shape index (κ3) is 5.01. The molecule has 0 atom stereocenters. The molecule has 0 aliphatic rings. The summed E-state index contributed by atoms with van der Waals surface area (Å²) < 4.78 is 0. The maximum Gasteiger partial charge on any atom is 0.0555 e. The Labute approximate surface area is 115 Å². The van der Waals surface area contributed by atoms with E-state index in [0.29, 0.717) is 11.8 Å². The highest BCUT2D eigenvalue weighted by molar-refractivity contribution is 7.99. The van der Waals surface area contributed by atoms with Gasteiger partial charge >= 0.3 is 0 Å². The second-order valence-electron chi connectivity index (χ2n) is 5.48. The first kappa shape index (κ1) is 15.5. The van der Waals surface area contributed by atoms with E-state index >= 15 is 0 Å². The molecule has 0 aromatic heterocycles. The summed E-state index contributed by atoms with van der Waals surface area (Å²) in [7, 11) is 0. The van der Waals surface area contributed by atoms with Crippen molar-refractivity contribution < 1.29 is 5.11 Å². The summed E-state index contributed by atoms with van der Waals surface area (Å²) in [5.41, 5.74) is 1.43. The Hall–Kier alpha value is -0.510. The molecule has 1 aromatic rings. The van der Waals surface area contributed by atoms with Crippen LogP contribution in [-0.4, -0.2) is 30.1 Å². The minimum absolute atomic E-state index is 0.0934. The van der Waals surface area contributed by atoms with Crippen LogP contribution in [0.5, 0.6) is 0 Å². The zero-order valence-electron chi connectivity index (χ0n) is 11.9. The molecular formula is C15H25NOS. The minimum Gasteiger partial charge on any atom is -0.395 e. The molecule has 1 aromatic carbocycles. The predicted octanol–water partition coefficient (Wildman–Crippen LogP) is 3.05. The molecule has 0 unspecified atom stereocenters. The van der Waals surface area contributed by atoms with E-state index in [1.807, 2.05) is 11.8 Å². The van der Waals surface area contributed by atoms with Crippen LogP contribution in [0.2, 0.25) is 0 Å². The highest BCUT2D eigenvalue weighted by atomic mass is 32.2. The van der Waals surface area contributed by atoms with Gasteiger partial charge in [0.2, 0.25) is 0 Å². The largest absolute Gasteiger partial charge is 0.395 e. The Morgan fingerprint density at radius 3 is 2.33 bits per heavy atom. The second kappa shape index (κ2) is 7.17. The lowest BCUT2D eigenvalue weighted by Crippen LogP contribution is -2.34. The van der Waals surface area contributed by atoms with Crippen molar-refractivity contribution in [3.05, 3.63) is 29.8 Å². The zero-order chi connectivity index (χ0) is 13.6. The maximum atomic E-state index is 8.79. The van der Waals surface area contributed by atoms with E-state index in [2.05, 4.69) is 57.3 Å². The molecule has 0 aliphatic heterocycles. The number of thioether (sulfide) groups is 1. The van der Waals surface area contributed by atoms with Crippen LogP contribution in [0.1, 0.15) is 33.3 Å². The molecule has 0 bridgehead atoms. The molecule has 102 valence electrons. The van der Waals surface area contributed by atoms with Gasteiger partial charge in [0.25, 0.3) is 0 Å². The van der Waals surface area contributed by atoms with Crippen molar-refractivity contribution in [2.75, 3.05) is 19.7 Å². The van der Waals surface area contributed by atoms with E-state index in [9.17, 15) is 0 Å². The van der Waals surface area contributed by atoms with Gasteiger partial charge in [0.05, 0.1) is 6.61 Å². The third-order valence-corrected chi connectivity index (χ3v) is 3.88. The van der Waals surface area contributed by atoms with Crippen LogP contribution in [0.3, 0.4) is 0 Å². The van der Waals surface area contributed by atoms with E-state index in [1.165, 1.54) is 10.5 Å². The van der Waals surface area contributed by atoms with Gasteiger partial charge in [-0.3, -0.25) is 0 Å². The number of aliphatic hydroxyl groups excluding tert-OH is 1. The van der Waals surface area contributed by atoms with Crippen molar-refractivity contribution in [1.29, 1.82) is 0 Å². The van der Waals surface area contributed by atoms with Gasteiger partial charge in [-0.15, -0.1) is 11.8 Å². The average molecular weight is 267 g/mol. The van der Waals surface area contributed by atoms with Gasteiger partial charge < -0.3 is 10.4 Å². The average Bonchev–Trinajstić information content (AvgIpc) is 2.29. The molecule has 0 aliphatic carbocycles. The Bertz CT molecular complexity index is 346. The monoisotopic (exact) mass is 267 g/mol. The summed E-state index contributed by atoms with van der Waals surface area (Å²) in [6.45, 7) is 10.6.